The van der Waals surface area contributed by atoms with Crippen LogP contribution < -0.4 is 15.8 Å². The summed E-state index contributed by atoms with van der Waals surface area (Å²) in [6.45, 7) is 6.89. The van der Waals surface area contributed by atoms with Crippen molar-refractivity contribution in [3.05, 3.63) is 23.8 Å². The van der Waals surface area contributed by atoms with Gasteiger partial charge in [-0.15, -0.1) is 0 Å². The summed E-state index contributed by atoms with van der Waals surface area (Å²) in [4.78, 5) is 11.5. The van der Waals surface area contributed by atoms with E-state index in [4.69, 9.17) is 10.5 Å². The van der Waals surface area contributed by atoms with E-state index >= 15 is 0 Å². The number of carbonyl (C=O) groups is 1. The van der Waals surface area contributed by atoms with Gasteiger partial charge >= 0.3 is 0 Å². The average Bonchev–Trinajstić information content (AvgIpc) is 2.30. The number of ether oxygens (including phenoxy) is 1. The lowest BCUT2D eigenvalue weighted by atomic mass is 10.1. The van der Waals surface area contributed by atoms with E-state index in [0.717, 1.165) is 12.0 Å². The second-order valence-corrected chi connectivity index (χ2v) is 4.86. The van der Waals surface area contributed by atoms with E-state index in [-0.39, 0.29) is 12.5 Å². The zero-order chi connectivity index (χ0) is 13.5. The SMILES string of the molecule is Cc1ccc(N)c(OCC(=O)NCCC(C)C)c1. The predicted molar refractivity (Wildman–Crippen MR) is 73.6 cm³/mol. The van der Waals surface area contributed by atoms with Gasteiger partial charge < -0.3 is 15.8 Å². The summed E-state index contributed by atoms with van der Waals surface area (Å²) in [5.74, 6) is 1.03. The topological polar surface area (TPSA) is 64.3 Å². The van der Waals surface area contributed by atoms with Crippen LogP contribution in [0.5, 0.6) is 5.75 Å². The molecule has 0 fully saturated rings. The predicted octanol–water partition coefficient (Wildman–Crippen LogP) is 2.12. The molecule has 0 saturated carbocycles. The first-order valence-electron chi connectivity index (χ1n) is 6.24. The molecule has 100 valence electrons. The van der Waals surface area contributed by atoms with Crippen LogP contribution in [0.2, 0.25) is 0 Å². The number of carbonyl (C=O) groups excluding carboxylic acids is 1. The maximum Gasteiger partial charge on any atom is 0.257 e. The molecular weight excluding hydrogens is 228 g/mol. The summed E-state index contributed by atoms with van der Waals surface area (Å²) in [6, 6.07) is 5.52. The summed E-state index contributed by atoms with van der Waals surface area (Å²) in [5, 5.41) is 2.81. The summed E-state index contributed by atoms with van der Waals surface area (Å²) >= 11 is 0. The van der Waals surface area contributed by atoms with Gasteiger partial charge in [0, 0.05) is 6.54 Å². The average molecular weight is 250 g/mol. The lowest BCUT2D eigenvalue weighted by molar-refractivity contribution is -0.123. The number of hydrogen-bond acceptors (Lipinski definition) is 3. The third kappa shape index (κ3) is 5.08. The van der Waals surface area contributed by atoms with Gasteiger partial charge in [0.1, 0.15) is 5.75 Å². The molecule has 0 heterocycles. The van der Waals surface area contributed by atoms with Crippen molar-refractivity contribution in [3.63, 3.8) is 0 Å². The van der Waals surface area contributed by atoms with Crippen molar-refractivity contribution < 1.29 is 9.53 Å². The number of nitrogens with one attached hydrogen (secondary N) is 1. The Labute approximate surface area is 109 Å². The molecule has 1 rings (SSSR count). The fourth-order valence-electron chi connectivity index (χ4n) is 1.46. The van der Waals surface area contributed by atoms with Crippen molar-refractivity contribution >= 4 is 11.6 Å². The van der Waals surface area contributed by atoms with E-state index in [0.29, 0.717) is 23.9 Å². The van der Waals surface area contributed by atoms with Crippen LogP contribution >= 0.6 is 0 Å². The number of aryl methyl sites for hydroxylation is 1. The number of hydrogen-bond donors (Lipinski definition) is 2. The first-order valence-corrected chi connectivity index (χ1v) is 6.24. The normalized spacial score (nSPS) is 10.4. The van der Waals surface area contributed by atoms with Gasteiger partial charge in [0.05, 0.1) is 5.69 Å². The highest BCUT2D eigenvalue weighted by molar-refractivity contribution is 5.77. The van der Waals surface area contributed by atoms with Crippen LogP contribution in [0.3, 0.4) is 0 Å². The van der Waals surface area contributed by atoms with Crippen molar-refractivity contribution in [2.24, 2.45) is 5.92 Å². The summed E-state index contributed by atoms with van der Waals surface area (Å²) < 4.78 is 5.40. The molecule has 4 heteroatoms. The molecule has 1 aromatic carbocycles. The van der Waals surface area contributed by atoms with E-state index < -0.39 is 0 Å². The number of nitrogen functional groups attached to an aromatic ring is 1. The molecule has 18 heavy (non-hydrogen) atoms. The minimum Gasteiger partial charge on any atom is -0.482 e. The van der Waals surface area contributed by atoms with Gasteiger partial charge in [-0.3, -0.25) is 4.79 Å². The lowest BCUT2D eigenvalue weighted by Crippen LogP contribution is -2.30. The maximum atomic E-state index is 11.5. The molecule has 0 aromatic heterocycles. The van der Waals surface area contributed by atoms with Crippen molar-refractivity contribution in [2.45, 2.75) is 27.2 Å². The molecule has 0 unspecified atom stereocenters. The molecule has 4 nitrogen and oxygen atoms in total. The van der Waals surface area contributed by atoms with Gasteiger partial charge in [-0.2, -0.15) is 0 Å². The van der Waals surface area contributed by atoms with E-state index in [1.165, 1.54) is 0 Å². The molecule has 0 saturated heterocycles. The van der Waals surface area contributed by atoms with Crippen molar-refractivity contribution in [3.8, 4) is 5.75 Å². The number of rotatable bonds is 6. The Morgan fingerprint density at radius 3 is 2.83 bits per heavy atom. The Balaban J connectivity index is 2.36. The molecule has 1 amide bonds. The quantitative estimate of drug-likeness (QED) is 0.760. The second-order valence-electron chi connectivity index (χ2n) is 4.86. The van der Waals surface area contributed by atoms with Crippen molar-refractivity contribution in [2.75, 3.05) is 18.9 Å². The van der Waals surface area contributed by atoms with E-state index in [1.54, 1.807) is 6.07 Å². The molecule has 0 spiro atoms. The third-order valence-corrected chi connectivity index (χ3v) is 2.57. The molecule has 0 radical (unpaired) electrons. The van der Waals surface area contributed by atoms with E-state index in [1.807, 2.05) is 19.1 Å². The third-order valence-electron chi connectivity index (χ3n) is 2.57. The Morgan fingerprint density at radius 1 is 1.44 bits per heavy atom. The van der Waals surface area contributed by atoms with Gasteiger partial charge in [-0.25, -0.2) is 0 Å². The molecule has 0 aliphatic rings. The number of benzene rings is 1. The summed E-state index contributed by atoms with van der Waals surface area (Å²) in [5.41, 5.74) is 7.37. The monoisotopic (exact) mass is 250 g/mol. The standard InChI is InChI=1S/C14H22N2O2/c1-10(2)6-7-16-14(17)9-18-13-8-11(3)4-5-12(13)15/h4-5,8,10H,6-7,9,15H2,1-3H3,(H,16,17). The Bertz CT molecular complexity index is 403. The molecule has 0 atom stereocenters. The van der Waals surface area contributed by atoms with Crippen molar-refractivity contribution in [1.29, 1.82) is 0 Å². The Morgan fingerprint density at radius 2 is 2.17 bits per heavy atom. The van der Waals surface area contributed by atoms with Gasteiger partial charge in [0.25, 0.3) is 5.91 Å². The van der Waals surface area contributed by atoms with Crippen LogP contribution in [-0.4, -0.2) is 19.1 Å². The maximum absolute atomic E-state index is 11.5. The van der Waals surface area contributed by atoms with Crippen LogP contribution in [-0.2, 0) is 4.79 Å². The molecular formula is C14H22N2O2. The smallest absolute Gasteiger partial charge is 0.257 e. The Kier molecular flexibility index (Phi) is 5.49. The molecule has 3 N–H and O–H groups in total. The lowest BCUT2D eigenvalue weighted by Gasteiger charge is -2.10. The minimum atomic E-state index is -0.114. The fourth-order valence-corrected chi connectivity index (χ4v) is 1.46. The molecule has 0 aliphatic carbocycles. The van der Waals surface area contributed by atoms with E-state index in [9.17, 15) is 4.79 Å². The zero-order valence-corrected chi connectivity index (χ0v) is 11.3. The zero-order valence-electron chi connectivity index (χ0n) is 11.3. The highest BCUT2D eigenvalue weighted by Gasteiger charge is 2.05. The number of anilines is 1. The van der Waals surface area contributed by atoms with Crippen LogP contribution in [0.4, 0.5) is 5.69 Å². The fraction of sp³-hybridized carbons (Fsp3) is 0.500. The second kappa shape index (κ2) is 6.89. The van der Waals surface area contributed by atoms with Crippen LogP contribution in [0.15, 0.2) is 18.2 Å². The Hall–Kier alpha value is -1.71. The van der Waals surface area contributed by atoms with Gasteiger partial charge in [-0.05, 0) is 37.0 Å². The van der Waals surface area contributed by atoms with Gasteiger partial charge in [0.2, 0.25) is 0 Å². The first kappa shape index (κ1) is 14.4. The largest absolute Gasteiger partial charge is 0.482 e. The first-order chi connectivity index (χ1) is 8.49. The van der Waals surface area contributed by atoms with Crippen LogP contribution in [0, 0.1) is 12.8 Å². The number of nitrogens with two attached hydrogens (primary N) is 1. The minimum absolute atomic E-state index is 0.00570. The number of amides is 1. The van der Waals surface area contributed by atoms with Crippen molar-refractivity contribution in [1.82, 2.24) is 5.32 Å². The van der Waals surface area contributed by atoms with Crippen LogP contribution in [0.25, 0.3) is 0 Å². The summed E-state index contributed by atoms with van der Waals surface area (Å²) in [6.07, 6.45) is 0.971. The van der Waals surface area contributed by atoms with Gasteiger partial charge in [0.15, 0.2) is 6.61 Å². The molecule has 0 aliphatic heterocycles. The highest BCUT2D eigenvalue weighted by atomic mass is 16.5. The highest BCUT2D eigenvalue weighted by Crippen LogP contribution is 2.21. The summed E-state index contributed by atoms with van der Waals surface area (Å²) in [7, 11) is 0. The van der Waals surface area contributed by atoms with E-state index in [2.05, 4.69) is 19.2 Å². The van der Waals surface area contributed by atoms with Gasteiger partial charge in [-0.1, -0.05) is 19.9 Å². The molecule has 0 bridgehead atoms. The molecule has 1 aromatic rings. The van der Waals surface area contributed by atoms with Crippen LogP contribution in [0.1, 0.15) is 25.8 Å².